The molecule has 11 rings (SSSR count). The molecule has 11 aromatic carbocycles. The molecule has 0 heterocycles. The average Bonchev–Trinajstić information content (AvgIpc) is 3.27. The summed E-state index contributed by atoms with van der Waals surface area (Å²) in [5, 5.41) is 15.5. The summed E-state index contributed by atoms with van der Waals surface area (Å²) in [4.78, 5) is 0. The molecule has 0 aromatic heterocycles. The van der Waals surface area contributed by atoms with E-state index in [2.05, 4.69) is 224 Å². The fourth-order valence-electron chi connectivity index (χ4n) is 11.7. The number of aryl methyl sites for hydroxylation is 6. The van der Waals surface area contributed by atoms with Crippen LogP contribution in [0.4, 0.5) is 0 Å². The average molecular weight is 791 g/mol. The molecule has 0 bridgehead atoms. The third-order valence-electron chi connectivity index (χ3n) is 13.8. The van der Waals surface area contributed by atoms with Gasteiger partial charge in [-0.1, -0.05) is 236 Å². The minimum atomic E-state index is -0.0601. The summed E-state index contributed by atoms with van der Waals surface area (Å²) < 4.78 is 0. The summed E-state index contributed by atoms with van der Waals surface area (Å²) in [6.45, 7) is 13.7. The molecule has 62 heavy (non-hydrogen) atoms. The zero-order valence-electron chi connectivity index (χ0n) is 36.5. The van der Waals surface area contributed by atoms with Gasteiger partial charge >= 0.3 is 0 Å². The predicted molar refractivity (Wildman–Crippen MR) is 275 cm³/mol. The summed E-state index contributed by atoms with van der Waals surface area (Å²) in [6.07, 6.45) is 0. The summed E-state index contributed by atoms with van der Waals surface area (Å²) in [6, 6.07) is 69.3. The zero-order chi connectivity index (χ0) is 42.2. The Kier molecular flexibility index (Phi) is 9.17. The number of benzene rings is 11. The smallest absolute Gasteiger partial charge is 0.0628 e. The molecule has 0 radical (unpaired) electrons. The third-order valence-corrected chi connectivity index (χ3v) is 13.8. The van der Waals surface area contributed by atoms with Gasteiger partial charge in [0.05, 0.1) is 0 Å². The fraction of sp³-hybridized carbons (Fsp3) is 0.100. The molecule has 0 aliphatic rings. The standard InChI is InChI=1S/C60H48B2/c1-37-31-39(3)55(40(4)32-37)61(57-47-23-11-7-19-43(47)35-44-20-8-12-24-48(44)57)59-51-27-15-17-29-53(51)60(54-30-18-16-28-52(54)59)62(56-41(5)33-38(2)34-42(56)6)58-49-25-13-9-21-45(49)36-46-22-10-14-26-50(46)58/h7-36H,1-6H3. The van der Waals surface area contributed by atoms with Crippen LogP contribution in [0, 0.1) is 41.5 Å². The number of fused-ring (bicyclic) bond motifs is 6. The summed E-state index contributed by atoms with van der Waals surface area (Å²) >= 11 is 0. The lowest BCUT2D eigenvalue weighted by Gasteiger charge is -2.30. The maximum Gasteiger partial charge on any atom is 0.245 e. The molecule has 0 spiro atoms. The van der Waals surface area contributed by atoms with E-state index < -0.39 is 0 Å². The molecule has 11 aromatic rings. The Balaban J connectivity index is 1.36. The number of hydrogen-bond acceptors (Lipinski definition) is 0. The van der Waals surface area contributed by atoms with E-state index in [1.165, 1.54) is 131 Å². The van der Waals surface area contributed by atoms with E-state index in [1.807, 2.05) is 0 Å². The van der Waals surface area contributed by atoms with Crippen molar-refractivity contribution in [1.29, 1.82) is 0 Å². The molecule has 2 heteroatoms. The van der Waals surface area contributed by atoms with Gasteiger partial charge in [-0.25, -0.2) is 0 Å². The zero-order valence-corrected chi connectivity index (χ0v) is 36.5. The summed E-state index contributed by atoms with van der Waals surface area (Å²) in [5.74, 6) is 0. The molecule has 0 aliphatic heterocycles. The second-order valence-corrected chi connectivity index (χ2v) is 17.9. The highest BCUT2D eigenvalue weighted by atomic mass is 14.2. The van der Waals surface area contributed by atoms with Gasteiger partial charge in [-0.2, -0.15) is 0 Å². The fourth-order valence-corrected chi connectivity index (χ4v) is 11.7. The largest absolute Gasteiger partial charge is 0.245 e. The van der Waals surface area contributed by atoms with E-state index in [9.17, 15) is 0 Å². The Morgan fingerprint density at radius 1 is 0.226 bits per heavy atom. The first-order chi connectivity index (χ1) is 30.3. The van der Waals surface area contributed by atoms with Gasteiger partial charge in [0.25, 0.3) is 0 Å². The van der Waals surface area contributed by atoms with Crippen molar-refractivity contribution in [1.82, 2.24) is 0 Å². The Hall–Kier alpha value is -6.89. The van der Waals surface area contributed by atoms with Crippen LogP contribution in [-0.4, -0.2) is 13.4 Å². The molecule has 0 amide bonds. The van der Waals surface area contributed by atoms with E-state index in [0.29, 0.717) is 0 Å². The maximum atomic E-state index is 2.42. The molecular formula is C60H48B2. The van der Waals surface area contributed by atoms with Crippen LogP contribution in [0.1, 0.15) is 33.4 Å². The van der Waals surface area contributed by atoms with Crippen molar-refractivity contribution in [3.8, 4) is 0 Å². The van der Waals surface area contributed by atoms with Crippen LogP contribution in [0.25, 0.3) is 64.6 Å². The highest BCUT2D eigenvalue weighted by Crippen LogP contribution is 2.29. The van der Waals surface area contributed by atoms with Crippen molar-refractivity contribution >= 4 is 111 Å². The van der Waals surface area contributed by atoms with Crippen LogP contribution in [0.2, 0.25) is 0 Å². The van der Waals surface area contributed by atoms with Gasteiger partial charge < -0.3 is 0 Å². The van der Waals surface area contributed by atoms with E-state index in [0.717, 1.165) is 0 Å². The highest BCUT2D eigenvalue weighted by Gasteiger charge is 2.36. The molecule has 0 saturated carbocycles. The second kappa shape index (κ2) is 14.9. The van der Waals surface area contributed by atoms with Crippen LogP contribution in [-0.2, 0) is 0 Å². The van der Waals surface area contributed by atoms with Crippen molar-refractivity contribution in [3.63, 3.8) is 0 Å². The molecule has 0 fully saturated rings. The molecule has 0 aliphatic carbocycles. The van der Waals surface area contributed by atoms with Crippen LogP contribution in [0.5, 0.6) is 0 Å². The van der Waals surface area contributed by atoms with Gasteiger partial charge in [-0.15, -0.1) is 0 Å². The summed E-state index contributed by atoms with van der Waals surface area (Å²) in [5.41, 5.74) is 16.2. The first-order valence-corrected chi connectivity index (χ1v) is 22.2. The molecular weight excluding hydrogens is 742 g/mol. The Bertz CT molecular complexity index is 3160. The monoisotopic (exact) mass is 790 g/mol. The van der Waals surface area contributed by atoms with Gasteiger partial charge in [0.1, 0.15) is 0 Å². The molecule has 0 N–H and O–H groups in total. The van der Waals surface area contributed by atoms with Gasteiger partial charge in [0.2, 0.25) is 13.4 Å². The van der Waals surface area contributed by atoms with Crippen molar-refractivity contribution < 1.29 is 0 Å². The minimum Gasteiger partial charge on any atom is -0.0628 e. The van der Waals surface area contributed by atoms with Gasteiger partial charge in [0, 0.05) is 0 Å². The van der Waals surface area contributed by atoms with Crippen LogP contribution in [0.3, 0.4) is 0 Å². The van der Waals surface area contributed by atoms with Crippen molar-refractivity contribution in [2.75, 3.05) is 0 Å². The van der Waals surface area contributed by atoms with E-state index in [4.69, 9.17) is 0 Å². The first-order valence-electron chi connectivity index (χ1n) is 22.2. The second-order valence-electron chi connectivity index (χ2n) is 17.9. The Morgan fingerprint density at radius 2 is 0.435 bits per heavy atom. The SMILES string of the molecule is Cc1cc(C)c(B(c2c3ccccc3cc3ccccc23)c2c3ccccc3c(B(c3c(C)cc(C)cc3C)c3c4ccccc4cc4ccccc34)c3ccccc23)c(C)c1. The first kappa shape index (κ1) is 38.1. The lowest BCUT2D eigenvalue weighted by Crippen LogP contribution is -2.58. The van der Waals surface area contributed by atoms with Crippen LogP contribution in [0.15, 0.2) is 182 Å². The molecule has 294 valence electrons. The minimum absolute atomic E-state index is 0.0601. The Morgan fingerprint density at radius 3 is 0.694 bits per heavy atom. The van der Waals surface area contributed by atoms with Gasteiger partial charge in [-0.05, 0) is 118 Å². The molecule has 0 unspecified atom stereocenters. The van der Waals surface area contributed by atoms with Gasteiger partial charge in [-0.3, -0.25) is 0 Å². The third kappa shape index (κ3) is 5.99. The van der Waals surface area contributed by atoms with E-state index in [1.54, 1.807) is 0 Å². The van der Waals surface area contributed by atoms with E-state index in [-0.39, 0.29) is 13.4 Å². The highest BCUT2D eigenvalue weighted by molar-refractivity contribution is 7.04. The number of rotatable bonds is 6. The lowest BCUT2D eigenvalue weighted by atomic mass is 9.31. The lowest BCUT2D eigenvalue weighted by molar-refractivity contribution is 1.35. The van der Waals surface area contributed by atoms with Gasteiger partial charge in [0.15, 0.2) is 0 Å². The molecule has 0 nitrogen and oxygen atoms in total. The normalized spacial score (nSPS) is 11.7. The van der Waals surface area contributed by atoms with Crippen LogP contribution >= 0.6 is 0 Å². The van der Waals surface area contributed by atoms with Crippen molar-refractivity contribution in [3.05, 3.63) is 215 Å². The quantitative estimate of drug-likeness (QED) is 0.116. The maximum absolute atomic E-state index is 2.42. The van der Waals surface area contributed by atoms with Crippen LogP contribution < -0.4 is 32.8 Å². The predicted octanol–water partition coefficient (Wildman–Crippen LogP) is 11.5. The van der Waals surface area contributed by atoms with Crippen molar-refractivity contribution in [2.24, 2.45) is 0 Å². The van der Waals surface area contributed by atoms with Crippen molar-refractivity contribution in [2.45, 2.75) is 41.5 Å². The number of hydrogen-bond donors (Lipinski definition) is 0. The summed E-state index contributed by atoms with van der Waals surface area (Å²) in [7, 11) is 0. The van der Waals surface area contributed by atoms with E-state index >= 15 is 0 Å². The molecule has 0 atom stereocenters. The topological polar surface area (TPSA) is 0 Å². The molecule has 0 saturated heterocycles. The Labute approximate surface area is 366 Å².